The standard InChI is InChI=1S/C16H22N2O7/c1-16(2,3)25-15(21)17-8-4-5-9-24-13-10-11(14(19)20)6-7-12(13)18(22)23/h6-7,10H,4-5,8-9H2,1-3H3,(H,17,21)(H,19,20). The van der Waals surface area contributed by atoms with Gasteiger partial charge < -0.3 is 19.9 Å². The molecule has 0 atom stereocenters. The third-order valence-corrected chi connectivity index (χ3v) is 2.90. The molecule has 1 aromatic rings. The van der Waals surface area contributed by atoms with Crippen molar-refractivity contribution in [1.82, 2.24) is 5.32 Å². The maximum atomic E-state index is 11.4. The van der Waals surface area contributed by atoms with E-state index in [1.54, 1.807) is 20.8 Å². The fourth-order valence-corrected chi connectivity index (χ4v) is 1.83. The molecule has 0 saturated carbocycles. The summed E-state index contributed by atoms with van der Waals surface area (Å²) in [6, 6.07) is 3.38. The molecule has 0 saturated heterocycles. The van der Waals surface area contributed by atoms with E-state index in [1.807, 2.05) is 0 Å². The van der Waals surface area contributed by atoms with Gasteiger partial charge in [0.1, 0.15) is 5.60 Å². The number of ether oxygens (including phenoxy) is 2. The van der Waals surface area contributed by atoms with Crippen LogP contribution in [0.4, 0.5) is 10.5 Å². The van der Waals surface area contributed by atoms with E-state index in [2.05, 4.69) is 5.32 Å². The van der Waals surface area contributed by atoms with E-state index in [4.69, 9.17) is 14.6 Å². The zero-order valence-corrected chi connectivity index (χ0v) is 14.4. The quantitative estimate of drug-likeness (QED) is 0.417. The number of amides is 1. The van der Waals surface area contributed by atoms with Crippen LogP contribution >= 0.6 is 0 Å². The number of aromatic carboxylic acids is 1. The van der Waals surface area contributed by atoms with Gasteiger partial charge in [0.2, 0.25) is 0 Å². The number of carboxylic acids is 1. The van der Waals surface area contributed by atoms with Crippen LogP contribution in [0.5, 0.6) is 5.75 Å². The van der Waals surface area contributed by atoms with Crippen LogP contribution < -0.4 is 10.1 Å². The van der Waals surface area contributed by atoms with Crippen LogP contribution in [0.15, 0.2) is 18.2 Å². The summed E-state index contributed by atoms with van der Waals surface area (Å²) in [5.74, 6) is -1.29. The average molecular weight is 354 g/mol. The Balaban J connectivity index is 2.43. The summed E-state index contributed by atoms with van der Waals surface area (Å²) in [7, 11) is 0. The molecule has 1 amide bonds. The van der Waals surface area contributed by atoms with E-state index in [9.17, 15) is 19.7 Å². The van der Waals surface area contributed by atoms with E-state index < -0.39 is 22.6 Å². The second kappa shape index (κ2) is 8.86. The van der Waals surface area contributed by atoms with E-state index in [1.165, 1.54) is 0 Å². The number of alkyl carbamates (subject to hydrolysis) is 1. The molecule has 9 heteroatoms. The lowest BCUT2D eigenvalue weighted by Crippen LogP contribution is -2.33. The average Bonchev–Trinajstić information content (AvgIpc) is 2.48. The monoisotopic (exact) mass is 354 g/mol. The molecule has 1 aromatic carbocycles. The van der Waals surface area contributed by atoms with Gasteiger partial charge in [-0.25, -0.2) is 9.59 Å². The SMILES string of the molecule is CC(C)(C)OC(=O)NCCCCOc1cc(C(=O)O)ccc1[N+](=O)[O-]. The molecule has 0 aliphatic carbocycles. The first-order chi connectivity index (χ1) is 11.6. The Morgan fingerprint density at radius 2 is 1.96 bits per heavy atom. The summed E-state index contributed by atoms with van der Waals surface area (Å²) < 4.78 is 10.4. The molecule has 0 aliphatic heterocycles. The molecule has 0 spiro atoms. The lowest BCUT2D eigenvalue weighted by molar-refractivity contribution is -0.385. The molecule has 0 aliphatic rings. The summed E-state index contributed by atoms with van der Waals surface area (Å²) in [6.45, 7) is 5.81. The molecule has 2 N–H and O–H groups in total. The fourth-order valence-electron chi connectivity index (χ4n) is 1.83. The van der Waals surface area contributed by atoms with Gasteiger partial charge in [-0.15, -0.1) is 0 Å². The highest BCUT2D eigenvalue weighted by Crippen LogP contribution is 2.28. The molecule has 0 heterocycles. The first kappa shape index (κ1) is 20.2. The molecule has 0 bridgehead atoms. The van der Waals surface area contributed by atoms with Gasteiger partial charge in [-0.1, -0.05) is 0 Å². The van der Waals surface area contributed by atoms with Gasteiger partial charge in [0.25, 0.3) is 0 Å². The number of nitro groups is 1. The third kappa shape index (κ3) is 7.51. The smallest absolute Gasteiger partial charge is 0.407 e. The molecule has 0 aromatic heterocycles. The summed E-state index contributed by atoms with van der Waals surface area (Å²) in [4.78, 5) is 32.7. The Hall–Kier alpha value is -2.84. The molecule has 9 nitrogen and oxygen atoms in total. The minimum Gasteiger partial charge on any atom is -0.487 e. The Morgan fingerprint density at radius 1 is 1.28 bits per heavy atom. The van der Waals surface area contributed by atoms with Crippen molar-refractivity contribution in [2.45, 2.75) is 39.2 Å². The highest BCUT2D eigenvalue weighted by molar-refractivity contribution is 5.88. The number of carboxylic acid groups (broad SMARTS) is 1. The molecule has 0 radical (unpaired) electrons. The van der Waals surface area contributed by atoms with Gasteiger partial charge in [0.15, 0.2) is 5.75 Å². The highest BCUT2D eigenvalue weighted by Gasteiger charge is 2.18. The number of nitrogens with zero attached hydrogens (tertiary/aromatic N) is 1. The largest absolute Gasteiger partial charge is 0.487 e. The lowest BCUT2D eigenvalue weighted by atomic mass is 10.2. The predicted octanol–water partition coefficient (Wildman–Crippen LogP) is 2.98. The van der Waals surface area contributed by atoms with Gasteiger partial charge >= 0.3 is 17.7 Å². The predicted molar refractivity (Wildman–Crippen MR) is 89.0 cm³/mol. The van der Waals surface area contributed by atoms with Gasteiger partial charge in [0, 0.05) is 18.7 Å². The Morgan fingerprint density at radius 3 is 2.52 bits per heavy atom. The maximum Gasteiger partial charge on any atom is 0.407 e. The van der Waals surface area contributed by atoms with E-state index >= 15 is 0 Å². The van der Waals surface area contributed by atoms with E-state index in [0.29, 0.717) is 19.4 Å². The molecule has 1 rings (SSSR count). The van der Waals surface area contributed by atoms with Crippen LogP contribution in [0.2, 0.25) is 0 Å². The van der Waals surface area contributed by atoms with Crippen LogP contribution in [0.3, 0.4) is 0 Å². The number of hydrogen-bond donors (Lipinski definition) is 2. The summed E-state index contributed by atoms with van der Waals surface area (Å²) in [5.41, 5.74) is -0.953. The van der Waals surface area contributed by atoms with E-state index in [0.717, 1.165) is 18.2 Å². The van der Waals surface area contributed by atoms with Gasteiger partial charge in [-0.3, -0.25) is 10.1 Å². The summed E-state index contributed by atoms with van der Waals surface area (Å²) in [6.07, 6.45) is 0.578. The van der Waals surface area contributed by atoms with Crippen molar-refractivity contribution in [2.24, 2.45) is 0 Å². The van der Waals surface area contributed by atoms with Crippen molar-refractivity contribution in [3.8, 4) is 5.75 Å². The number of rotatable bonds is 8. The van der Waals surface area contributed by atoms with Crippen LogP contribution in [0, 0.1) is 10.1 Å². The number of carbonyl (C=O) groups is 2. The van der Waals surface area contributed by atoms with Crippen LogP contribution in [0.25, 0.3) is 0 Å². The van der Waals surface area contributed by atoms with Crippen molar-refractivity contribution in [2.75, 3.05) is 13.2 Å². The van der Waals surface area contributed by atoms with Crippen LogP contribution in [-0.2, 0) is 4.74 Å². The summed E-state index contributed by atoms with van der Waals surface area (Å²) >= 11 is 0. The second-order valence-corrected chi connectivity index (χ2v) is 6.23. The first-order valence-electron chi connectivity index (χ1n) is 7.71. The summed E-state index contributed by atoms with van der Waals surface area (Å²) in [5, 5.41) is 22.5. The van der Waals surface area contributed by atoms with Crippen molar-refractivity contribution in [1.29, 1.82) is 0 Å². The Labute approximate surface area is 145 Å². The number of hydrogen-bond acceptors (Lipinski definition) is 6. The minimum atomic E-state index is -1.19. The maximum absolute atomic E-state index is 11.4. The zero-order valence-electron chi connectivity index (χ0n) is 14.4. The molecular weight excluding hydrogens is 332 g/mol. The number of nitrogens with one attached hydrogen (secondary N) is 1. The number of benzene rings is 1. The highest BCUT2D eigenvalue weighted by atomic mass is 16.6. The number of unbranched alkanes of at least 4 members (excludes halogenated alkanes) is 1. The second-order valence-electron chi connectivity index (χ2n) is 6.23. The Bertz CT molecular complexity index is 638. The van der Waals surface area contributed by atoms with Crippen molar-refractivity contribution < 1.29 is 29.1 Å². The topological polar surface area (TPSA) is 128 Å². The molecule has 0 fully saturated rings. The minimum absolute atomic E-state index is 0.0906. The number of nitro benzene ring substituents is 1. The molecule has 0 unspecified atom stereocenters. The third-order valence-electron chi connectivity index (χ3n) is 2.90. The van der Waals surface area contributed by atoms with Crippen molar-refractivity contribution >= 4 is 17.7 Å². The molecular formula is C16H22N2O7. The fraction of sp³-hybridized carbons (Fsp3) is 0.500. The van der Waals surface area contributed by atoms with Crippen molar-refractivity contribution in [3.05, 3.63) is 33.9 Å². The zero-order chi connectivity index (χ0) is 19.0. The van der Waals surface area contributed by atoms with E-state index in [-0.39, 0.29) is 23.6 Å². The lowest BCUT2D eigenvalue weighted by Gasteiger charge is -2.19. The van der Waals surface area contributed by atoms with Crippen LogP contribution in [-0.4, -0.2) is 40.8 Å². The normalized spacial score (nSPS) is 10.8. The van der Waals surface area contributed by atoms with Gasteiger partial charge in [-0.2, -0.15) is 0 Å². The number of carbonyl (C=O) groups excluding carboxylic acids is 1. The Kier molecular flexibility index (Phi) is 7.16. The first-order valence-corrected chi connectivity index (χ1v) is 7.71. The van der Waals surface area contributed by atoms with Crippen LogP contribution in [0.1, 0.15) is 44.0 Å². The molecule has 25 heavy (non-hydrogen) atoms. The van der Waals surface area contributed by atoms with Gasteiger partial charge in [0.05, 0.1) is 17.1 Å². The van der Waals surface area contributed by atoms with Crippen molar-refractivity contribution in [3.63, 3.8) is 0 Å². The molecule has 138 valence electrons. The van der Waals surface area contributed by atoms with Gasteiger partial charge in [-0.05, 0) is 39.7 Å².